The van der Waals surface area contributed by atoms with Crippen LogP contribution in [0.5, 0.6) is 0 Å². The van der Waals surface area contributed by atoms with Gasteiger partial charge in [-0.05, 0) is 0 Å². The van der Waals surface area contributed by atoms with Crippen molar-refractivity contribution in [3.63, 3.8) is 0 Å². The first-order chi connectivity index (χ1) is 6.40. The van der Waals surface area contributed by atoms with Crippen LogP contribution in [0.25, 0.3) is 0 Å². The second-order valence-electron chi connectivity index (χ2n) is 3.08. The molecule has 0 fully saturated rings. The summed E-state index contributed by atoms with van der Waals surface area (Å²) in [6, 6.07) is 2.15. The van der Waals surface area contributed by atoms with E-state index in [4.69, 9.17) is 5.26 Å². The predicted octanol–water partition coefficient (Wildman–Crippen LogP) is 0.00738. The van der Waals surface area contributed by atoms with Crippen LogP contribution < -0.4 is 0 Å². The van der Waals surface area contributed by atoms with Gasteiger partial charge in [-0.2, -0.15) is 10.4 Å². The Labute approximate surface area is 76.6 Å². The standard InChI is InChI=1S/C8H11N5/c9-2-1-3-12-4-5-13-8(6-12)10-7-11-13/h7H,1,3-6H2. The number of aromatic nitrogens is 3. The van der Waals surface area contributed by atoms with E-state index < -0.39 is 0 Å². The summed E-state index contributed by atoms with van der Waals surface area (Å²) in [4.78, 5) is 6.37. The second kappa shape index (κ2) is 3.54. The van der Waals surface area contributed by atoms with E-state index in [-0.39, 0.29) is 0 Å². The molecule has 1 aromatic rings. The van der Waals surface area contributed by atoms with Gasteiger partial charge in [-0.3, -0.25) is 4.90 Å². The lowest BCUT2D eigenvalue weighted by Gasteiger charge is -2.25. The molecule has 0 spiro atoms. The lowest BCUT2D eigenvalue weighted by atomic mass is 10.3. The predicted molar refractivity (Wildman–Crippen MR) is 45.5 cm³/mol. The first kappa shape index (κ1) is 8.20. The van der Waals surface area contributed by atoms with E-state index in [0.29, 0.717) is 6.42 Å². The van der Waals surface area contributed by atoms with Gasteiger partial charge in [0, 0.05) is 19.5 Å². The Morgan fingerprint density at radius 2 is 2.46 bits per heavy atom. The minimum atomic E-state index is 0.591. The van der Waals surface area contributed by atoms with Crippen LogP contribution in [-0.4, -0.2) is 32.8 Å². The molecule has 1 aromatic heterocycles. The highest BCUT2D eigenvalue weighted by molar-refractivity contribution is 4.89. The number of hydrogen-bond donors (Lipinski definition) is 0. The van der Waals surface area contributed by atoms with Crippen LogP contribution in [0.2, 0.25) is 0 Å². The van der Waals surface area contributed by atoms with Crippen molar-refractivity contribution in [3.8, 4) is 6.07 Å². The van der Waals surface area contributed by atoms with E-state index in [1.54, 1.807) is 6.33 Å². The summed E-state index contributed by atoms with van der Waals surface area (Å²) >= 11 is 0. The Hall–Kier alpha value is -1.41. The zero-order valence-electron chi connectivity index (χ0n) is 7.35. The van der Waals surface area contributed by atoms with E-state index >= 15 is 0 Å². The zero-order valence-corrected chi connectivity index (χ0v) is 7.35. The molecule has 68 valence electrons. The van der Waals surface area contributed by atoms with Crippen molar-refractivity contribution in [1.29, 1.82) is 5.26 Å². The molecule has 0 bridgehead atoms. The molecule has 1 aliphatic rings. The van der Waals surface area contributed by atoms with Crippen molar-refractivity contribution in [2.75, 3.05) is 13.1 Å². The summed E-state index contributed by atoms with van der Waals surface area (Å²) in [7, 11) is 0. The van der Waals surface area contributed by atoms with Gasteiger partial charge in [0.05, 0.1) is 19.2 Å². The summed E-state index contributed by atoms with van der Waals surface area (Å²) in [5.41, 5.74) is 0. The van der Waals surface area contributed by atoms with Crippen LogP contribution in [0.1, 0.15) is 12.2 Å². The highest BCUT2D eigenvalue weighted by Crippen LogP contribution is 2.07. The molecule has 2 heterocycles. The fraction of sp³-hybridized carbons (Fsp3) is 0.625. The van der Waals surface area contributed by atoms with Crippen molar-refractivity contribution in [2.45, 2.75) is 19.5 Å². The molecule has 1 aliphatic heterocycles. The second-order valence-corrected chi connectivity index (χ2v) is 3.08. The maximum atomic E-state index is 8.44. The Balaban J connectivity index is 1.97. The molecule has 0 amide bonds. The molecule has 0 unspecified atom stereocenters. The normalized spacial score (nSPS) is 16.5. The average molecular weight is 177 g/mol. The average Bonchev–Trinajstić information content (AvgIpc) is 2.61. The summed E-state index contributed by atoms with van der Waals surface area (Å²) in [6.07, 6.45) is 2.18. The summed E-state index contributed by atoms with van der Waals surface area (Å²) < 4.78 is 1.92. The molecule has 0 aliphatic carbocycles. The van der Waals surface area contributed by atoms with Gasteiger partial charge in [-0.25, -0.2) is 9.67 Å². The Bertz CT molecular complexity index is 324. The molecule has 0 aromatic carbocycles. The van der Waals surface area contributed by atoms with E-state index in [1.807, 2.05) is 4.68 Å². The lowest BCUT2D eigenvalue weighted by Crippen LogP contribution is -2.34. The lowest BCUT2D eigenvalue weighted by molar-refractivity contribution is 0.214. The van der Waals surface area contributed by atoms with Crippen LogP contribution in [0.15, 0.2) is 6.33 Å². The maximum absolute atomic E-state index is 8.44. The molecule has 5 nitrogen and oxygen atoms in total. The van der Waals surface area contributed by atoms with Gasteiger partial charge in [0.25, 0.3) is 0 Å². The molecule has 0 saturated carbocycles. The fourth-order valence-electron chi connectivity index (χ4n) is 1.51. The molecule has 2 rings (SSSR count). The quantitative estimate of drug-likeness (QED) is 0.638. The molecule has 5 heteroatoms. The van der Waals surface area contributed by atoms with Crippen LogP contribution in [-0.2, 0) is 13.1 Å². The molecule has 0 saturated heterocycles. The summed E-state index contributed by atoms with van der Waals surface area (Å²) in [5, 5.41) is 12.5. The number of hydrogen-bond acceptors (Lipinski definition) is 4. The van der Waals surface area contributed by atoms with Crippen molar-refractivity contribution in [1.82, 2.24) is 19.7 Å². The van der Waals surface area contributed by atoms with Gasteiger partial charge >= 0.3 is 0 Å². The van der Waals surface area contributed by atoms with E-state index in [2.05, 4.69) is 21.1 Å². The molecule has 13 heavy (non-hydrogen) atoms. The van der Waals surface area contributed by atoms with Gasteiger partial charge in [0.15, 0.2) is 0 Å². The maximum Gasteiger partial charge on any atom is 0.141 e. The third-order valence-electron chi connectivity index (χ3n) is 2.23. The number of nitrogens with zero attached hydrogens (tertiary/aromatic N) is 5. The zero-order chi connectivity index (χ0) is 9.10. The van der Waals surface area contributed by atoms with E-state index in [0.717, 1.165) is 32.0 Å². The molecule has 0 atom stereocenters. The monoisotopic (exact) mass is 177 g/mol. The SMILES string of the molecule is N#CCCN1CCn2ncnc2C1. The topological polar surface area (TPSA) is 57.7 Å². The highest BCUT2D eigenvalue weighted by Gasteiger charge is 2.16. The van der Waals surface area contributed by atoms with Gasteiger partial charge in [0.1, 0.15) is 12.2 Å². The fourth-order valence-corrected chi connectivity index (χ4v) is 1.51. The first-order valence-electron chi connectivity index (χ1n) is 4.36. The first-order valence-corrected chi connectivity index (χ1v) is 4.36. The minimum absolute atomic E-state index is 0.591. The van der Waals surface area contributed by atoms with Gasteiger partial charge in [0.2, 0.25) is 0 Å². The Morgan fingerprint density at radius 3 is 3.31 bits per heavy atom. The van der Waals surface area contributed by atoms with Crippen LogP contribution in [0.3, 0.4) is 0 Å². The smallest absolute Gasteiger partial charge is 0.141 e. The summed E-state index contributed by atoms with van der Waals surface area (Å²) in [6.45, 7) is 3.52. The van der Waals surface area contributed by atoms with E-state index in [1.165, 1.54) is 0 Å². The van der Waals surface area contributed by atoms with Crippen molar-refractivity contribution >= 4 is 0 Å². The summed E-state index contributed by atoms with van der Waals surface area (Å²) in [5.74, 6) is 1.00. The van der Waals surface area contributed by atoms with Gasteiger partial charge < -0.3 is 0 Å². The largest absolute Gasteiger partial charge is 0.293 e. The molecular formula is C8H11N5. The van der Waals surface area contributed by atoms with Crippen molar-refractivity contribution in [3.05, 3.63) is 12.2 Å². The van der Waals surface area contributed by atoms with Crippen LogP contribution in [0.4, 0.5) is 0 Å². The Kier molecular flexibility index (Phi) is 2.23. The number of rotatable bonds is 2. The Morgan fingerprint density at radius 1 is 1.54 bits per heavy atom. The molecule has 0 N–H and O–H groups in total. The van der Waals surface area contributed by atoms with Crippen LogP contribution in [0, 0.1) is 11.3 Å². The molecular weight excluding hydrogens is 166 g/mol. The van der Waals surface area contributed by atoms with Gasteiger partial charge in [-0.15, -0.1) is 0 Å². The van der Waals surface area contributed by atoms with E-state index in [9.17, 15) is 0 Å². The molecule has 0 radical (unpaired) electrons. The third-order valence-corrected chi connectivity index (χ3v) is 2.23. The third kappa shape index (κ3) is 1.68. The van der Waals surface area contributed by atoms with Crippen molar-refractivity contribution < 1.29 is 0 Å². The number of fused-ring (bicyclic) bond motifs is 1. The number of nitriles is 1. The minimum Gasteiger partial charge on any atom is -0.293 e. The van der Waals surface area contributed by atoms with Gasteiger partial charge in [-0.1, -0.05) is 0 Å². The highest BCUT2D eigenvalue weighted by atomic mass is 15.4. The van der Waals surface area contributed by atoms with Crippen LogP contribution >= 0.6 is 0 Å². The van der Waals surface area contributed by atoms with Crippen molar-refractivity contribution in [2.24, 2.45) is 0 Å².